The molecule has 1 saturated heterocycles. The molecule has 24 heavy (non-hydrogen) atoms. The number of nitrogens with one attached hydrogen (secondary N) is 1. The predicted octanol–water partition coefficient (Wildman–Crippen LogP) is 2.78. The monoisotopic (exact) mass is 369 g/mol. The Balaban J connectivity index is 1.75. The molecule has 0 bridgehead atoms. The summed E-state index contributed by atoms with van der Waals surface area (Å²) >= 11 is 1.26. The number of thiophene rings is 1. The second kappa shape index (κ2) is 6.95. The minimum atomic E-state index is -3.49. The van der Waals surface area contributed by atoms with Gasteiger partial charge in [0.25, 0.3) is 0 Å². The van der Waals surface area contributed by atoms with Crippen LogP contribution in [-0.2, 0) is 10.0 Å². The van der Waals surface area contributed by atoms with Crippen molar-refractivity contribution in [1.82, 2.24) is 14.8 Å². The molecule has 3 rings (SSSR count). The van der Waals surface area contributed by atoms with Crippen molar-refractivity contribution in [3.8, 4) is 10.4 Å². The summed E-state index contributed by atoms with van der Waals surface area (Å²) in [6.45, 7) is 8.60. The first kappa shape index (κ1) is 17.6. The van der Waals surface area contributed by atoms with Gasteiger partial charge in [-0.3, -0.25) is 0 Å². The first-order valence-electron chi connectivity index (χ1n) is 8.18. The van der Waals surface area contributed by atoms with Gasteiger partial charge in [-0.05, 0) is 51.9 Å². The number of hydrogen-bond donors (Lipinski definition) is 1. The molecule has 132 valence electrons. The summed E-state index contributed by atoms with van der Waals surface area (Å²) in [4.78, 5) is 3.17. The van der Waals surface area contributed by atoms with Crippen LogP contribution in [0.1, 0.15) is 31.2 Å². The predicted molar refractivity (Wildman–Crippen MR) is 94.7 cm³/mol. The van der Waals surface area contributed by atoms with Crippen LogP contribution in [0.15, 0.2) is 20.9 Å². The Hall–Kier alpha value is -1.22. The Morgan fingerprint density at radius 2 is 2.21 bits per heavy atom. The van der Waals surface area contributed by atoms with Gasteiger partial charge >= 0.3 is 0 Å². The lowest BCUT2D eigenvalue weighted by atomic mass is 10.2. The van der Waals surface area contributed by atoms with Crippen molar-refractivity contribution >= 4 is 21.4 Å². The fourth-order valence-electron chi connectivity index (χ4n) is 3.16. The third-order valence-electron chi connectivity index (χ3n) is 4.26. The minimum Gasteiger partial charge on any atom is -0.361 e. The quantitative estimate of drug-likeness (QED) is 0.847. The normalized spacial score (nSPS) is 19.2. The third kappa shape index (κ3) is 3.56. The van der Waals surface area contributed by atoms with E-state index in [-0.39, 0.29) is 6.04 Å². The van der Waals surface area contributed by atoms with E-state index in [0.29, 0.717) is 9.97 Å². The number of aromatic nitrogens is 1. The second-order valence-corrected chi connectivity index (χ2v) is 9.25. The standard InChI is InChI=1S/C16H23N3O3S2/c1-4-8-19-9-7-13(10-19)18-24(20,21)15-6-5-14(23-15)16-11(2)17-22-12(16)3/h5-6,13,18H,4,7-10H2,1-3H3. The van der Waals surface area contributed by atoms with E-state index in [2.05, 4.69) is 21.7 Å². The topological polar surface area (TPSA) is 75.4 Å². The Labute approximate surface area is 146 Å². The fourth-order valence-corrected chi connectivity index (χ4v) is 5.89. The minimum absolute atomic E-state index is 0.00818. The molecule has 0 spiro atoms. The van der Waals surface area contributed by atoms with Gasteiger partial charge in [0.05, 0.1) is 11.3 Å². The van der Waals surface area contributed by atoms with Crippen molar-refractivity contribution in [2.45, 2.75) is 43.9 Å². The largest absolute Gasteiger partial charge is 0.361 e. The van der Waals surface area contributed by atoms with Crippen molar-refractivity contribution in [2.24, 2.45) is 0 Å². The summed E-state index contributed by atoms with van der Waals surface area (Å²) in [7, 11) is -3.49. The lowest BCUT2D eigenvalue weighted by Gasteiger charge is -2.15. The number of aryl methyl sites for hydroxylation is 2. The van der Waals surface area contributed by atoms with E-state index < -0.39 is 10.0 Å². The van der Waals surface area contributed by atoms with Crippen LogP contribution in [0, 0.1) is 13.8 Å². The van der Waals surface area contributed by atoms with Crippen molar-refractivity contribution in [1.29, 1.82) is 0 Å². The van der Waals surface area contributed by atoms with Crippen LogP contribution >= 0.6 is 11.3 Å². The van der Waals surface area contributed by atoms with Crippen LogP contribution in [0.2, 0.25) is 0 Å². The molecule has 3 heterocycles. The Kier molecular flexibility index (Phi) is 5.10. The van der Waals surface area contributed by atoms with Gasteiger partial charge in [-0.25, -0.2) is 13.1 Å². The number of hydrogen-bond acceptors (Lipinski definition) is 6. The summed E-state index contributed by atoms with van der Waals surface area (Å²) in [5.74, 6) is 0.706. The molecular formula is C16H23N3O3S2. The first-order chi connectivity index (χ1) is 11.4. The molecule has 1 aliphatic heterocycles. The van der Waals surface area contributed by atoms with Crippen molar-refractivity contribution in [3.05, 3.63) is 23.6 Å². The summed E-state index contributed by atoms with van der Waals surface area (Å²) in [6, 6.07) is 3.47. The fraction of sp³-hybridized carbons (Fsp3) is 0.562. The molecule has 1 aliphatic rings. The van der Waals surface area contributed by atoms with Gasteiger partial charge in [-0.15, -0.1) is 11.3 Å². The van der Waals surface area contributed by atoms with Crippen LogP contribution < -0.4 is 4.72 Å². The van der Waals surface area contributed by atoms with Gasteiger partial charge in [-0.1, -0.05) is 12.1 Å². The zero-order valence-electron chi connectivity index (χ0n) is 14.2. The molecular weight excluding hydrogens is 346 g/mol. The summed E-state index contributed by atoms with van der Waals surface area (Å²) in [5.41, 5.74) is 1.66. The number of nitrogens with zero attached hydrogens (tertiary/aromatic N) is 2. The molecule has 8 heteroatoms. The van der Waals surface area contributed by atoms with Crippen molar-refractivity contribution in [3.63, 3.8) is 0 Å². The van der Waals surface area contributed by atoms with Crippen LogP contribution in [-0.4, -0.2) is 44.2 Å². The Morgan fingerprint density at radius 1 is 1.42 bits per heavy atom. The molecule has 1 N–H and O–H groups in total. The lowest BCUT2D eigenvalue weighted by molar-refractivity contribution is 0.333. The molecule has 6 nitrogen and oxygen atoms in total. The Bertz CT molecular complexity index is 791. The first-order valence-corrected chi connectivity index (χ1v) is 10.5. The maximum Gasteiger partial charge on any atom is 0.250 e. The summed E-state index contributed by atoms with van der Waals surface area (Å²) in [6.07, 6.45) is 1.95. The van der Waals surface area contributed by atoms with Gasteiger partial charge in [0.2, 0.25) is 10.0 Å². The average molecular weight is 370 g/mol. The summed E-state index contributed by atoms with van der Waals surface area (Å²) < 4.78 is 33.7. The van der Waals surface area contributed by atoms with Gasteiger partial charge < -0.3 is 9.42 Å². The number of likely N-dealkylation sites (tertiary alicyclic amines) is 1. The molecule has 1 unspecified atom stereocenters. The molecule has 1 fully saturated rings. The smallest absolute Gasteiger partial charge is 0.250 e. The molecule has 0 aliphatic carbocycles. The average Bonchev–Trinajstić information content (AvgIpc) is 3.21. The molecule has 0 radical (unpaired) electrons. The molecule has 2 aromatic rings. The second-order valence-electron chi connectivity index (χ2n) is 6.23. The number of rotatable bonds is 6. The van der Waals surface area contributed by atoms with E-state index in [0.717, 1.165) is 48.6 Å². The van der Waals surface area contributed by atoms with Crippen LogP contribution in [0.4, 0.5) is 0 Å². The summed E-state index contributed by atoms with van der Waals surface area (Å²) in [5, 5.41) is 3.93. The molecule has 0 amide bonds. The van der Waals surface area contributed by atoms with E-state index >= 15 is 0 Å². The van der Waals surface area contributed by atoms with Gasteiger partial charge in [0.1, 0.15) is 9.97 Å². The highest BCUT2D eigenvalue weighted by Crippen LogP contribution is 2.34. The van der Waals surface area contributed by atoms with E-state index in [9.17, 15) is 8.42 Å². The Morgan fingerprint density at radius 3 is 2.88 bits per heavy atom. The number of sulfonamides is 1. The molecule has 2 aromatic heterocycles. The maximum absolute atomic E-state index is 12.6. The zero-order valence-corrected chi connectivity index (χ0v) is 15.8. The van der Waals surface area contributed by atoms with E-state index in [1.165, 1.54) is 11.3 Å². The third-order valence-corrected chi connectivity index (χ3v) is 7.38. The molecule has 1 atom stereocenters. The van der Waals surface area contributed by atoms with Crippen LogP contribution in [0.5, 0.6) is 0 Å². The van der Waals surface area contributed by atoms with E-state index in [1.807, 2.05) is 19.9 Å². The SMILES string of the molecule is CCCN1CCC(NS(=O)(=O)c2ccc(-c3c(C)noc3C)s2)C1. The van der Waals surface area contributed by atoms with E-state index in [4.69, 9.17) is 4.52 Å². The van der Waals surface area contributed by atoms with Gasteiger partial charge in [0.15, 0.2) is 0 Å². The van der Waals surface area contributed by atoms with Crippen LogP contribution in [0.25, 0.3) is 10.4 Å². The zero-order chi connectivity index (χ0) is 17.3. The highest BCUT2D eigenvalue weighted by Gasteiger charge is 2.28. The lowest BCUT2D eigenvalue weighted by Crippen LogP contribution is -2.36. The highest BCUT2D eigenvalue weighted by molar-refractivity contribution is 7.91. The van der Waals surface area contributed by atoms with Crippen molar-refractivity contribution in [2.75, 3.05) is 19.6 Å². The van der Waals surface area contributed by atoms with E-state index in [1.54, 1.807) is 6.07 Å². The molecule has 0 saturated carbocycles. The van der Waals surface area contributed by atoms with Crippen molar-refractivity contribution < 1.29 is 12.9 Å². The van der Waals surface area contributed by atoms with Gasteiger partial charge in [-0.2, -0.15) is 0 Å². The van der Waals surface area contributed by atoms with Gasteiger partial charge in [0, 0.05) is 17.5 Å². The van der Waals surface area contributed by atoms with Crippen LogP contribution in [0.3, 0.4) is 0 Å². The maximum atomic E-state index is 12.6. The highest BCUT2D eigenvalue weighted by atomic mass is 32.2. The molecule has 0 aromatic carbocycles.